The normalized spacial score (nSPS) is 11.8. The van der Waals surface area contributed by atoms with Crippen LogP contribution in [0.15, 0.2) is 18.5 Å². The molecule has 102 valence electrons. The van der Waals surface area contributed by atoms with Crippen LogP contribution in [0.3, 0.4) is 0 Å². The molecular formula is C13H17FN3O2+. The second-order valence-corrected chi connectivity index (χ2v) is 5.39. The molecule has 2 aromatic rings. The van der Waals surface area contributed by atoms with Crippen LogP contribution in [-0.2, 0) is 12.0 Å². The number of aromatic amines is 1. The predicted octanol–water partition coefficient (Wildman–Crippen LogP) is 1.53. The lowest BCUT2D eigenvalue weighted by Gasteiger charge is -2.14. The topological polar surface area (TPSA) is 73.0 Å². The van der Waals surface area contributed by atoms with Crippen LogP contribution in [-0.4, -0.2) is 20.3 Å². The Labute approximate surface area is 110 Å². The van der Waals surface area contributed by atoms with Crippen molar-refractivity contribution in [2.75, 3.05) is 0 Å². The van der Waals surface area contributed by atoms with Gasteiger partial charge in [-0.25, -0.2) is 4.98 Å². The number of H-pyrrole nitrogens is 1. The van der Waals surface area contributed by atoms with Gasteiger partial charge in [0, 0.05) is 21.8 Å². The fourth-order valence-corrected chi connectivity index (χ4v) is 1.75. The van der Waals surface area contributed by atoms with Crippen molar-refractivity contribution in [1.29, 1.82) is 0 Å². The largest absolute Gasteiger partial charge is 0.385 e. The summed E-state index contributed by atoms with van der Waals surface area (Å²) in [7, 11) is 0. The fourth-order valence-electron chi connectivity index (χ4n) is 1.75. The summed E-state index contributed by atoms with van der Waals surface area (Å²) in [5, 5.41) is 18.4. The van der Waals surface area contributed by atoms with Crippen molar-refractivity contribution in [3.8, 4) is 11.3 Å². The van der Waals surface area contributed by atoms with E-state index in [0.29, 0.717) is 10.4 Å². The molecule has 6 heteroatoms. The molecule has 2 aromatic heterocycles. The molecule has 0 spiro atoms. The molecule has 0 fully saturated rings. The van der Waals surface area contributed by atoms with Crippen LogP contribution >= 0.6 is 0 Å². The van der Waals surface area contributed by atoms with E-state index in [-0.39, 0.29) is 16.7 Å². The molecule has 0 aliphatic rings. The standard InChI is InChI=1S/C13H16FN3O2/c1-13(2,3)12-15-6-9(16-12)8-4-5-17(19)10(7-18)11(8)14/h4-6,18-19H,7H2,1-3H3/p+1. The minimum absolute atomic E-state index is 0.166. The van der Waals surface area contributed by atoms with Crippen LogP contribution in [0, 0.1) is 5.82 Å². The number of hydrogen-bond donors (Lipinski definition) is 3. The van der Waals surface area contributed by atoms with E-state index in [9.17, 15) is 9.60 Å². The highest BCUT2D eigenvalue weighted by Crippen LogP contribution is 2.25. The number of aliphatic hydroxyl groups is 1. The summed E-state index contributed by atoms with van der Waals surface area (Å²) in [4.78, 5) is 7.29. The van der Waals surface area contributed by atoms with E-state index in [1.807, 2.05) is 20.8 Å². The van der Waals surface area contributed by atoms with Gasteiger partial charge in [-0.05, 0) is 0 Å². The number of nitrogens with one attached hydrogen (secondary N) is 1. The van der Waals surface area contributed by atoms with Crippen LogP contribution in [0.2, 0.25) is 0 Å². The van der Waals surface area contributed by atoms with E-state index in [4.69, 9.17) is 5.11 Å². The molecule has 0 aliphatic carbocycles. The van der Waals surface area contributed by atoms with Crippen LogP contribution in [0.1, 0.15) is 32.3 Å². The molecule has 0 saturated carbocycles. The molecule has 0 saturated heterocycles. The molecule has 0 unspecified atom stereocenters. The molecule has 0 aromatic carbocycles. The Balaban J connectivity index is 2.51. The number of aliphatic hydroxyl groups excluding tert-OH is 1. The van der Waals surface area contributed by atoms with Crippen molar-refractivity contribution in [3.63, 3.8) is 0 Å². The first-order valence-corrected chi connectivity index (χ1v) is 5.93. The van der Waals surface area contributed by atoms with Crippen LogP contribution in [0.25, 0.3) is 11.3 Å². The maximum absolute atomic E-state index is 14.1. The second kappa shape index (κ2) is 4.62. The summed E-state index contributed by atoms with van der Waals surface area (Å²) >= 11 is 0. The zero-order chi connectivity index (χ0) is 14.2. The third kappa shape index (κ3) is 2.44. The van der Waals surface area contributed by atoms with Gasteiger partial charge in [-0.3, -0.25) is 5.21 Å². The summed E-state index contributed by atoms with van der Waals surface area (Å²) in [5.74, 6) is 0.0739. The maximum Gasteiger partial charge on any atom is 0.295 e. The number of nitrogens with zero attached hydrogens (tertiary/aromatic N) is 2. The molecule has 19 heavy (non-hydrogen) atoms. The third-order valence-electron chi connectivity index (χ3n) is 2.87. The van der Waals surface area contributed by atoms with Gasteiger partial charge in [0.25, 0.3) is 5.69 Å². The van der Waals surface area contributed by atoms with Crippen molar-refractivity contribution in [3.05, 3.63) is 35.8 Å². The van der Waals surface area contributed by atoms with E-state index in [1.165, 1.54) is 12.3 Å². The SMILES string of the molecule is CC(C)(C)c1ncc(-c2cc[n+](O)c(CO)c2F)[nH]1. The van der Waals surface area contributed by atoms with E-state index in [1.54, 1.807) is 6.20 Å². The highest BCUT2D eigenvalue weighted by Gasteiger charge is 2.23. The first-order valence-electron chi connectivity index (χ1n) is 5.93. The quantitative estimate of drug-likeness (QED) is 0.570. The Morgan fingerprint density at radius 3 is 2.63 bits per heavy atom. The average Bonchev–Trinajstić information content (AvgIpc) is 2.78. The number of hydrogen-bond acceptors (Lipinski definition) is 3. The molecule has 2 rings (SSSR count). The van der Waals surface area contributed by atoms with Gasteiger partial charge in [-0.2, -0.15) is 4.39 Å². The van der Waals surface area contributed by atoms with Crippen molar-refractivity contribution in [2.24, 2.45) is 0 Å². The van der Waals surface area contributed by atoms with Crippen molar-refractivity contribution >= 4 is 0 Å². The lowest BCUT2D eigenvalue weighted by Crippen LogP contribution is -2.36. The molecule has 0 atom stereocenters. The monoisotopic (exact) mass is 266 g/mol. The van der Waals surface area contributed by atoms with Gasteiger partial charge < -0.3 is 10.1 Å². The Morgan fingerprint density at radius 2 is 2.11 bits per heavy atom. The van der Waals surface area contributed by atoms with E-state index in [0.717, 1.165) is 5.82 Å². The first-order chi connectivity index (χ1) is 8.84. The summed E-state index contributed by atoms with van der Waals surface area (Å²) in [6, 6.07) is 1.43. The Bertz CT molecular complexity index is 602. The minimum atomic E-state index is -0.670. The van der Waals surface area contributed by atoms with Crippen molar-refractivity contribution in [2.45, 2.75) is 32.8 Å². The molecule has 2 heterocycles. The van der Waals surface area contributed by atoms with Gasteiger partial charge in [0.2, 0.25) is 12.0 Å². The minimum Gasteiger partial charge on any atom is -0.385 e. The highest BCUT2D eigenvalue weighted by atomic mass is 19.1. The average molecular weight is 266 g/mol. The molecule has 0 radical (unpaired) electrons. The van der Waals surface area contributed by atoms with E-state index >= 15 is 0 Å². The lowest BCUT2D eigenvalue weighted by atomic mass is 9.96. The summed E-state index contributed by atoms with van der Waals surface area (Å²) in [6.07, 6.45) is 2.82. The number of halogens is 1. The Kier molecular flexibility index (Phi) is 3.28. The van der Waals surface area contributed by atoms with Gasteiger partial charge in [-0.15, -0.1) is 0 Å². The first kappa shape index (κ1) is 13.5. The molecule has 0 amide bonds. The van der Waals surface area contributed by atoms with Gasteiger partial charge >= 0.3 is 0 Å². The second-order valence-electron chi connectivity index (χ2n) is 5.39. The van der Waals surface area contributed by atoms with Crippen molar-refractivity contribution in [1.82, 2.24) is 9.97 Å². The third-order valence-corrected chi connectivity index (χ3v) is 2.87. The van der Waals surface area contributed by atoms with Gasteiger partial charge in [0.1, 0.15) is 12.4 Å². The molecular weight excluding hydrogens is 249 g/mol. The zero-order valence-corrected chi connectivity index (χ0v) is 11.1. The molecule has 0 bridgehead atoms. The van der Waals surface area contributed by atoms with Crippen molar-refractivity contribution < 1.29 is 19.4 Å². The highest BCUT2D eigenvalue weighted by molar-refractivity contribution is 5.59. The predicted molar refractivity (Wildman–Crippen MR) is 66.0 cm³/mol. The Morgan fingerprint density at radius 1 is 1.42 bits per heavy atom. The molecule has 0 aliphatic heterocycles. The fraction of sp³-hybridized carbons (Fsp3) is 0.385. The summed E-state index contributed by atoms with van der Waals surface area (Å²) < 4.78 is 14.7. The van der Waals surface area contributed by atoms with Gasteiger partial charge in [0.05, 0.1) is 11.9 Å². The number of imidazole rings is 1. The van der Waals surface area contributed by atoms with Crippen LogP contribution in [0.4, 0.5) is 4.39 Å². The smallest absolute Gasteiger partial charge is 0.295 e. The Hall–Kier alpha value is -1.95. The maximum atomic E-state index is 14.1. The number of pyridine rings is 1. The molecule has 3 N–H and O–H groups in total. The van der Waals surface area contributed by atoms with Gasteiger partial charge in [0.15, 0.2) is 0 Å². The zero-order valence-electron chi connectivity index (χ0n) is 11.1. The number of rotatable bonds is 2. The summed E-state index contributed by atoms with van der Waals surface area (Å²) in [6.45, 7) is 5.41. The van der Waals surface area contributed by atoms with E-state index in [2.05, 4.69) is 9.97 Å². The van der Waals surface area contributed by atoms with Gasteiger partial charge in [-0.1, -0.05) is 20.8 Å². The summed E-state index contributed by atoms with van der Waals surface area (Å²) in [5.41, 5.74) is 0.416. The van der Waals surface area contributed by atoms with Crippen LogP contribution in [0.5, 0.6) is 0 Å². The van der Waals surface area contributed by atoms with E-state index < -0.39 is 12.4 Å². The lowest BCUT2D eigenvalue weighted by molar-refractivity contribution is -0.911. The van der Waals surface area contributed by atoms with Crippen LogP contribution < -0.4 is 4.73 Å². The number of aromatic nitrogens is 3. The molecule has 5 nitrogen and oxygen atoms in total.